The van der Waals surface area contributed by atoms with E-state index in [1.165, 1.54) is 205 Å². The first kappa shape index (κ1) is 84.2. The van der Waals surface area contributed by atoms with Crippen molar-refractivity contribution in [1.29, 1.82) is 0 Å². The van der Waals surface area contributed by atoms with Crippen LogP contribution in [0.25, 0.3) is 0 Å². The second-order valence-corrected chi connectivity index (χ2v) is 27.5. The van der Waals surface area contributed by atoms with E-state index in [9.17, 15) is 19.0 Å². The van der Waals surface area contributed by atoms with Crippen LogP contribution >= 0.6 is 7.82 Å². The zero-order valence-electron chi connectivity index (χ0n) is 58.0. The molecule has 10 heteroatoms. The lowest BCUT2D eigenvalue weighted by atomic mass is 10.0. The Morgan fingerprint density at radius 2 is 0.701 bits per heavy atom. The number of carbonyl (C=O) groups is 2. The van der Waals surface area contributed by atoms with Crippen LogP contribution in [-0.4, -0.2) is 69.4 Å². The van der Waals surface area contributed by atoms with E-state index in [-0.39, 0.29) is 24.9 Å². The average Bonchev–Trinajstić information content (AvgIpc) is 3.70. The summed E-state index contributed by atoms with van der Waals surface area (Å²) in [7, 11) is 1.18. The Balaban J connectivity index is 5.07. The SMILES string of the molecule is CCCCC/C=C\C/C=C\C/C=C\C/C=C\CCCCCCCC(=O)OC(/C=C\CCCCCCCCCCCCC)C(COP(=O)([O-])OCC[N+](C)(C)C)NC(=O)CCCCCCCCCCCCCCCCCCC/C=C\C/C=C\CCCCC. The summed E-state index contributed by atoms with van der Waals surface area (Å²) in [6.45, 7) is 6.82. The van der Waals surface area contributed by atoms with E-state index in [2.05, 4.69) is 99.0 Å². The molecule has 9 nitrogen and oxygen atoms in total. The van der Waals surface area contributed by atoms with Crippen LogP contribution in [0.4, 0.5) is 0 Å². The summed E-state index contributed by atoms with van der Waals surface area (Å²) >= 11 is 0. The van der Waals surface area contributed by atoms with Crippen molar-refractivity contribution in [2.75, 3.05) is 40.9 Å². The third kappa shape index (κ3) is 67.4. The van der Waals surface area contributed by atoms with Crippen LogP contribution in [0.15, 0.2) is 85.1 Å². The van der Waals surface area contributed by atoms with Crippen molar-refractivity contribution in [3.8, 4) is 0 Å². The molecule has 0 aromatic heterocycles. The number of rotatable bonds is 67. The molecule has 506 valence electrons. The predicted octanol–water partition coefficient (Wildman–Crippen LogP) is 23.0. The molecule has 3 unspecified atom stereocenters. The molecule has 0 radical (unpaired) electrons. The van der Waals surface area contributed by atoms with Gasteiger partial charge in [0, 0.05) is 12.8 Å². The smallest absolute Gasteiger partial charge is 0.306 e. The Morgan fingerprint density at radius 3 is 1.07 bits per heavy atom. The van der Waals surface area contributed by atoms with Crippen molar-refractivity contribution in [3.63, 3.8) is 0 Å². The number of unbranched alkanes of at least 4 members (excludes halogenated alkanes) is 39. The lowest BCUT2D eigenvalue weighted by Gasteiger charge is -2.30. The first-order valence-electron chi connectivity index (χ1n) is 36.9. The summed E-state index contributed by atoms with van der Waals surface area (Å²) in [5.74, 6) is -0.552. The van der Waals surface area contributed by atoms with Gasteiger partial charge in [-0.2, -0.15) is 0 Å². The Morgan fingerprint density at radius 1 is 0.402 bits per heavy atom. The Bertz CT molecular complexity index is 1760. The molecule has 0 heterocycles. The van der Waals surface area contributed by atoms with Gasteiger partial charge < -0.3 is 28.5 Å². The fourth-order valence-electron chi connectivity index (χ4n) is 10.6. The van der Waals surface area contributed by atoms with Crippen LogP contribution in [0, 0.1) is 0 Å². The zero-order chi connectivity index (χ0) is 63.5. The summed E-state index contributed by atoms with van der Waals surface area (Å²) in [5.41, 5.74) is 0. The van der Waals surface area contributed by atoms with Crippen LogP contribution < -0.4 is 10.2 Å². The number of phosphoric acid groups is 1. The third-order valence-electron chi connectivity index (χ3n) is 16.3. The highest BCUT2D eigenvalue weighted by Gasteiger charge is 2.27. The maximum absolute atomic E-state index is 13.6. The molecule has 0 saturated carbocycles. The highest BCUT2D eigenvalue weighted by molar-refractivity contribution is 7.45. The number of quaternary nitrogens is 1. The quantitative estimate of drug-likeness (QED) is 0.0212. The van der Waals surface area contributed by atoms with Gasteiger partial charge in [-0.1, -0.05) is 305 Å². The van der Waals surface area contributed by atoms with E-state index in [4.69, 9.17) is 13.8 Å². The number of amides is 1. The summed E-state index contributed by atoms with van der Waals surface area (Å²) in [5, 5.41) is 3.05. The van der Waals surface area contributed by atoms with Gasteiger partial charge in [0.1, 0.15) is 19.3 Å². The van der Waals surface area contributed by atoms with Gasteiger partial charge in [0.2, 0.25) is 5.91 Å². The summed E-state index contributed by atoms with van der Waals surface area (Å²) in [6.07, 6.45) is 88.5. The summed E-state index contributed by atoms with van der Waals surface area (Å²) in [6, 6.07) is -0.900. The molecule has 0 saturated heterocycles. The molecule has 0 rings (SSSR count). The van der Waals surface area contributed by atoms with Crippen molar-refractivity contribution in [2.24, 2.45) is 0 Å². The molecule has 0 aromatic carbocycles. The van der Waals surface area contributed by atoms with Gasteiger partial charge >= 0.3 is 5.97 Å². The summed E-state index contributed by atoms with van der Waals surface area (Å²) in [4.78, 5) is 40.2. The molecule has 0 aliphatic carbocycles. The zero-order valence-corrected chi connectivity index (χ0v) is 58.9. The van der Waals surface area contributed by atoms with Crippen LogP contribution in [-0.2, 0) is 27.9 Å². The molecular formula is C77H141N2O7P. The van der Waals surface area contributed by atoms with E-state index in [0.29, 0.717) is 23.9 Å². The van der Waals surface area contributed by atoms with Crippen LogP contribution in [0.1, 0.15) is 342 Å². The number of esters is 1. The van der Waals surface area contributed by atoms with Crippen molar-refractivity contribution < 1.29 is 37.3 Å². The van der Waals surface area contributed by atoms with E-state index in [1.807, 2.05) is 33.3 Å². The highest BCUT2D eigenvalue weighted by Crippen LogP contribution is 2.38. The molecule has 0 fully saturated rings. The second-order valence-electron chi connectivity index (χ2n) is 26.1. The van der Waals surface area contributed by atoms with Gasteiger partial charge in [0.15, 0.2) is 0 Å². The lowest BCUT2D eigenvalue weighted by Crippen LogP contribution is -2.47. The van der Waals surface area contributed by atoms with Crippen LogP contribution in [0.3, 0.4) is 0 Å². The third-order valence-corrected chi connectivity index (χ3v) is 17.3. The maximum Gasteiger partial charge on any atom is 0.306 e. The van der Waals surface area contributed by atoms with Gasteiger partial charge in [-0.15, -0.1) is 0 Å². The first-order valence-corrected chi connectivity index (χ1v) is 38.4. The molecule has 0 bridgehead atoms. The number of nitrogens with zero attached hydrogens (tertiary/aromatic N) is 1. The van der Waals surface area contributed by atoms with E-state index in [0.717, 1.165) is 96.3 Å². The highest BCUT2D eigenvalue weighted by atomic mass is 31.2. The summed E-state index contributed by atoms with van der Waals surface area (Å²) < 4.78 is 30.5. The average molecular weight is 1240 g/mol. The first-order chi connectivity index (χ1) is 42.4. The van der Waals surface area contributed by atoms with E-state index in [1.54, 1.807) is 0 Å². The number of phosphoric ester groups is 1. The number of ether oxygens (including phenoxy) is 1. The number of allylic oxidation sites excluding steroid dienone is 13. The van der Waals surface area contributed by atoms with Crippen molar-refractivity contribution in [2.45, 2.75) is 354 Å². The van der Waals surface area contributed by atoms with Crippen molar-refractivity contribution in [3.05, 3.63) is 85.1 Å². The second kappa shape index (κ2) is 66.1. The molecule has 1 amide bonds. The number of hydrogen-bond donors (Lipinski definition) is 1. The van der Waals surface area contributed by atoms with Crippen LogP contribution in [0.2, 0.25) is 0 Å². The fraction of sp³-hybridized carbons (Fsp3) is 0.792. The Kier molecular flexibility index (Phi) is 64.0. The normalized spacial score (nSPS) is 14.0. The number of likely N-dealkylation sites (N-methyl/N-ethyl adjacent to an activating group) is 1. The molecule has 87 heavy (non-hydrogen) atoms. The van der Waals surface area contributed by atoms with Gasteiger partial charge in [0.05, 0.1) is 33.8 Å². The monoisotopic (exact) mass is 1240 g/mol. The van der Waals surface area contributed by atoms with E-state index < -0.39 is 26.6 Å². The van der Waals surface area contributed by atoms with Crippen LogP contribution in [0.5, 0.6) is 0 Å². The predicted molar refractivity (Wildman–Crippen MR) is 376 cm³/mol. The van der Waals surface area contributed by atoms with E-state index >= 15 is 0 Å². The van der Waals surface area contributed by atoms with Gasteiger partial charge in [-0.25, -0.2) is 0 Å². The molecule has 0 aliphatic heterocycles. The molecule has 3 atom stereocenters. The minimum Gasteiger partial charge on any atom is -0.756 e. The largest absolute Gasteiger partial charge is 0.756 e. The topological polar surface area (TPSA) is 114 Å². The molecule has 0 aromatic rings. The lowest BCUT2D eigenvalue weighted by molar-refractivity contribution is -0.870. The molecule has 1 N–H and O–H groups in total. The Labute approximate surface area is 539 Å². The minimum absolute atomic E-state index is 0.0273. The van der Waals surface area contributed by atoms with Gasteiger partial charge in [-0.3, -0.25) is 14.2 Å². The molecule has 0 aliphatic rings. The number of carbonyl (C=O) groups excluding carboxylic acids is 2. The number of hydrogen-bond acceptors (Lipinski definition) is 7. The number of nitrogens with one attached hydrogen (secondary N) is 1. The van der Waals surface area contributed by atoms with Crippen molar-refractivity contribution >= 4 is 19.7 Å². The van der Waals surface area contributed by atoms with Crippen molar-refractivity contribution in [1.82, 2.24) is 5.32 Å². The molecule has 0 spiro atoms. The Hall–Kier alpha value is -2.81. The standard InChI is InChI=1S/C77H141N2O7P/c1-7-10-13-16-19-22-25-28-30-32-34-36-37-38-39-40-41-43-44-46-48-51-54-57-60-63-66-69-76(80)78-74(73-85-87(82,83)84-72-71-79(4,5)6)75(68-65-62-59-56-53-50-27-24-21-18-15-12-9-3)86-77(81)70-67-64-61-58-55-52-49-47-45-42-35-33-31-29-26-23-20-17-14-11-8-2/h19-20,22-23,28-31,35,42,47,49,65,68,74-75H,7-18,21,24-27,32-34,36-41,43-46,48,50-64,66-67,69-73H2,1-6H3,(H-,78,80,82,83)/b22-19-,23-20-,30-28-,31-29-,42-35-,49-47-,68-65-. The van der Waals surface area contributed by atoms with Gasteiger partial charge in [-0.05, 0) is 109 Å². The molecular weight excluding hydrogens is 1100 g/mol. The fourth-order valence-corrected chi connectivity index (χ4v) is 11.3. The minimum atomic E-state index is -4.71. The maximum atomic E-state index is 13.6. The van der Waals surface area contributed by atoms with Gasteiger partial charge in [0.25, 0.3) is 7.82 Å².